The zero-order chi connectivity index (χ0) is 11.9. The van der Waals surface area contributed by atoms with Gasteiger partial charge in [0.15, 0.2) is 0 Å². The summed E-state index contributed by atoms with van der Waals surface area (Å²) in [4.78, 5) is 13.0. The Labute approximate surface area is 106 Å². The molecule has 1 fully saturated rings. The van der Waals surface area contributed by atoms with E-state index in [2.05, 4.69) is 22.8 Å². The van der Waals surface area contributed by atoms with Crippen molar-refractivity contribution in [2.24, 2.45) is 5.92 Å². The van der Waals surface area contributed by atoms with Gasteiger partial charge < -0.3 is 10.6 Å². The molecule has 17 heavy (non-hydrogen) atoms. The number of carbonyl (C=O) groups excluding carboxylic acids is 1. The third-order valence-electron chi connectivity index (χ3n) is 2.84. The molecule has 0 aromatic heterocycles. The first kappa shape index (κ1) is 12.5. The molecule has 3 nitrogen and oxygen atoms in total. The van der Waals surface area contributed by atoms with Crippen molar-refractivity contribution in [3.63, 3.8) is 0 Å². The maximum absolute atomic E-state index is 11.7. The molecule has 0 saturated carbocycles. The van der Waals surface area contributed by atoms with E-state index in [-0.39, 0.29) is 11.8 Å². The van der Waals surface area contributed by atoms with Gasteiger partial charge in [0.1, 0.15) is 0 Å². The topological polar surface area (TPSA) is 41.1 Å². The summed E-state index contributed by atoms with van der Waals surface area (Å²) in [7, 11) is 0. The molecule has 0 radical (unpaired) electrons. The SMILES string of the molecule is O=C(NCCSc1ccccc1)C1CCNC1. The summed E-state index contributed by atoms with van der Waals surface area (Å²) in [6.07, 6.45) is 0.970. The van der Waals surface area contributed by atoms with Gasteiger partial charge >= 0.3 is 0 Å². The average molecular weight is 250 g/mol. The van der Waals surface area contributed by atoms with E-state index >= 15 is 0 Å². The first-order chi connectivity index (χ1) is 8.36. The van der Waals surface area contributed by atoms with Crippen LogP contribution in [0.5, 0.6) is 0 Å². The predicted octanol–water partition coefficient (Wildman–Crippen LogP) is 1.50. The highest BCUT2D eigenvalue weighted by atomic mass is 32.2. The Balaban J connectivity index is 1.61. The van der Waals surface area contributed by atoms with Crippen LogP contribution in [0.1, 0.15) is 6.42 Å². The number of rotatable bonds is 5. The third kappa shape index (κ3) is 4.06. The van der Waals surface area contributed by atoms with E-state index in [9.17, 15) is 4.79 Å². The smallest absolute Gasteiger partial charge is 0.224 e. The summed E-state index contributed by atoms with van der Waals surface area (Å²) < 4.78 is 0. The second kappa shape index (κ2) is 6.67. The number of nitrogens with one attached hydrogen (secondary N) is 2. The summed E-state index contributed by atoms with van der Waals surface area (Å²) in [5.41, 5.74) is 0. The van der Waals surface area contributed by atoms with Crippen LogP contribution in [0.25, 0.3) is 0 Å². The number of hydrogen-bond acceptors (Lipinski definition) is 3. The lowest BCUT2D eigenvalue weighted by Crippen LogP contribution is -2.33. The zero-order valence-corrected chi connectivity index (χ0v) is 10.6. The Morgan fingerprint density at radius 2 is 2.24 bits per heavy atom. The molecule has 2 rings (SSSR count). The molecule has 92 valence electrons. The van der Waals surface area contributed by atoms with Crippen LogP contribution in [-0.4, -0.2) is 31.3 Å². The van der Waals surface area contributed by atoms with Crippen molar-refractivity contribution in [3.8, 4) is 0 Å². The summed E-state index contributed by atoms with van der Waals surface area (Å²) in [6, 6.07) is 10.3. The average Bonchev–Trinajstić information content (AvgIpc) is 2.89. The second-order valence-electron chi connectivity index (χ2n) is 4.14. The van der Waals surface area contributed by atoms with Gasteiger partial charge in [0.2, 0.25) is 5.91 Å². The van der Waals surface area contributed by atoms with Gasteiger partial charge in [-0.15, -0.1) is 11.8 Å². The van der Waals surface area contributed by atoms with Crippen LogP contribution in [0.4, 0.5) is 0 Å². The van der Waals surface area contributed by atoms with Crippen molar-refractivity contribution in [1.82, 2.24) is 10.6 Å². The van der Waals surface area contributed by atoms with E-state index in [1.54, 1.807) is 11.8 Å². The number of benzene rings is 1. The third-order valence-corrected chi connectivity index (χ3v) is 3.86. The Morgan fingerprint density at radius 1 is 1.41 bits per heavy atom. The highest BCUT2D eigenvalue weighted by Crippen LogP contribution is 2.15. The molecule has 4 heteroatoms. The molecule has 0 aliphatic carbocycles. The van der Waals surface area contributed by atoms with E-state index < -0.39 is 0 Å². The molecule has 0 bridgehead atoms. The largest absolute Gasteiger partial charge is 0.355 e. The molecule has 1 amide bonds. The predicted molar refractivity (Wildman–Crippen MR) is 71.2 cm³/mol. The summed E-state index contributed by atoms with van der Waals surface area (Å²) in [5.74, 6) is 1.30. The fraction of sp³-hybridized carbons (Fsp3) is 0.462. The number of thioether (sulfide) groups is 1. The van der Waals surface area contributed by atoms with Crippen molar-refractivity contribution in [2.45, 2.75) is 11.3 Å². The van der Waals surface area contributed by atoms with Gasteiger partial charge in [0, 0.05) is 23.7 Å². The highest BCUT2D eigenvalue weighted by Gasteiger charge is 2.21. The van der Waals surface area contributed by atoms with Crippen LogP contribution in [0.2, 0.25) is 0 Å². The van der Waals surface area contributed by atoms with Gasteiger partial charge in [-0.3, -0.25) is 4.79 Å². The summed E-state index contributed by atoms with van der Waals surface area (Å²) in [6.45, 7) is 2.55. The lowest BCUT2D eigenvalue weighted by molar-refractivity contribution is -0.124. The lowest BCUT2D eigenvalue weighted by atomic mass is 10.1. The second-order valence-corrected chi connectivity index (χ2v) is 5.31. The van der Waals surface area contributed by atoms with Crippen LogP contribution >= 0.6 is 11.8 Å². The molecular weight excluding hydrogens is 232 g/mol. The molecular formula is C13H18N2OS. The lowest BCUT2D eigenvalue weighted by Gasteiger charge is -2.09. The van der Waals surface area contributed by atoms with Crippen LogP contribution < -0.4 is 10.6 Å². The standard InChI is InChI=1S/C13H18N2OS/c16-13(11-6-7-14-10-11)15-8-9-17-12-4-2-1-3-5-12/h1-5,11,14H,6-10H2,(H,15,16). The Hall–Kier alpha value is -1.00. The molecule has 1 unspecified atom stereocenters. The first-order valence-electron chi connectivity index (χ1n) is 6.02. The highest BCUT2D eigenvalue weighted by molar-refractivity contribution is 7.99. The minimum Gasteiger partial charge on any atom is -0.355 e. The van der Waals surface area contributed by atoms with E-state index in [4.69, 9.17) is 0 Å². The number of hydrogen-bond donors (Lipinski definition) is 2. The maximum atomic E-state index is 11.7. The van der Waals surface area contributed by atoms with E-state index in [0.29, 0.717) is 0 Å². The maximum Gasteiger partial charge on any atom is 0.224 e. The molecule has 1 heterocycles. The van der Waals surface area contributed by atoms with Crippen LogP contribution in [0, 0.1) is 5.92 Å². The Bertz CT molecular complexity index is 350. The molecule has 1 aliphatic heterocycles. The van der Waals surface area contributed by atoms with E-state index in [1.807, 2.05) is 18.2 Å². The quantitative estimate of drug-likeness (QED) is 0.615. The zero-order valence-electron chi connectivity index (χ0n) is 9.82. The van der Waals surface area contributed by atoms with Crippen molar-refractivity contribution in [2.75, 3.05) is 25.4 Å². The molecule has 1 aromatic rings. The van der Waals surface area contributed by atoms with Crippen LogP contribution in [0.3, 0.4) is 0 Å². The minimum absolute atomic E-state index is 0.178. The molecule has 1 aliphatic rings. The van der Waals surface area contributed by atoms with E-state index in [1.165, 1.54) is 4.90 Å². The normalized spacial score (nSPS) is 19.2. The van der Waals surface area contributed by atoms with Crippen molar-refractivity contribution < 1.29 is 4.79 Å². The summed E-state index contributed by atoms with van der Waals surface area (Å²) in [5, 5.41) is 6.20. The molecule has 0 spiro atoms. The fourth-order valence-electron chi connectivity index (χ4n) is 1.88. The van der Waals surface area contributed by atoms with Crippen molar-refractivity contribution in [3.05, 3.63) is 30.3 Å². The minimum atomic E-state index is 0.178. The molecule has 1 aromatic carbocycles. The van der Waals surface area contributed by atoms with Crippen molar-refractivity contribution in [1.29, 1.82) is 0 Å². The number of carbonyl (C=O) groups is 1. The van der Waals surface area contributed by atoms with Gasteiger partial charge in [-0.2, -0.15) is 0 Å². The van der Waals surface area contributed by atoms with Gasteiger partial charge in [-0.05, 0) is 25.1 Å². The molecule has 1 atom stereocenters. The van der Waals surface area contributed by atoms with Crippen LogP contribution in [0.15, 0.2) is 35.2 Å². The van der Waals surface area contributed by atoms with Crippen LogP contribution in [-0.2, 0) is 4.79 Å². The molecule has 1 saturated heterocycles. The van der Waals surface area contributed by atoms with Gasteiger partial charge in [0.05, 0.1) is 5.92 Å². The monoisotopic (exact) mass is 250 g/mol. The number of amides is 1. The van der Waals surface area contributed by atoms with Gasteiger partial charge in [-0.1, -0.05) is 18.2 Å². The van der Waals surface area contributed by atoms with E-state index in [0.717, 1.165) is 31.8 Å². The molecule has 2 N–H and O–H groups in total. The van der Waals surface area contributed by atoms with Gasteiger partial charge in [0.25, 0.3) is 0 Å². The fourth-order valence-corrected chi connectivity index (χ4v) is 2.67. The van der Waals surface area contributed by atoms with Gasteiger partial charge in [-0.25, -0.2) is 0 Å². The Morgan fingerprint density at radius 3 is 2.94 bits per heavy atom. The van der Waals surface area contributed by atoms with Crippen molar-refractivity contribution >= 4 is 17.7 Å². The first-order valence-corrected chi connectivity index (χ1v) is 7.01. The summed E-state index contributed by atoms with van der Waals surface area (Å²) >= 11 is 1.77. The Kier molecular flexibility index (Phi) is 4.88.